The molecule has 0 saturated heterocycles. The smallest absolute Gasteiger partial charge is 0.424 e. The molecule has 8 heteroatoms. The molecule has 1 aliphatic carbocycles. The largest absolute Gasteiger partial charge is 0.482 e. The van der Waals surface area contributed by atoms with Gasteiger partial charge in [0.05, 0.1) is 6.04 Å². The Bertz CT molecular complexity index is 803. The maximum Gasteiger partial charge on any atom is 0.482 e. The van der Waals surface area contributed by atoms with E-state index in [4.69, 9.17) is 16.2 Å². The van der Waals surface area contributed by atoms with Crippen LogP contribution in [-0.2, 0) is 11.2 Å². The Morgan fingerprint density at radius 3 is 2.67 bits per heavy atom. The average Bonchev–Trinajstić information content (AvgIpc) is 3.44. The lowest BCUT2D eigenvalue weighted by Crippen LogP contribution is -2.41. The van der Waals surface area contributed by atoms with E-state index < -0.39 is 12.0 Å². The van der Waals surface area contributed by atoms with Crippen molar-refractivity contribution in [2.24, 2.45) is 16.5 Å². The number of hydrogen-bond acceptors (Lipinski definition) is 5. The van der Waals surface area contributed by atoms with Gasteiger partial charge in [-0.15, -0.1) is 0 Å². The molecule has 1 amide bonds. The molecule has 1 aromatic rings. The van der Waals surface area contributed by atoms with Gasteiger partial charge >= 0.3 is 12.0 Å². The van der Waals surface area contributed by atoms with Crippen LogP contribution in [-0.4, -0.2) is 37.4 Å². The van der Waals surface area contributed by atoms with E-state index in [2.05, 4.69) is 11.9 Å². The Morgan fingerprint density at radius 2 is 2.07 bits per heavy atom. The number of ether oxygens (including phenoxy) is 1. The molecular formula is C19H24F2N4O2. The summed E-state index contributed by atoms with van der Waals surface area (Å²) in [5, 5.41) is 0. The summed E-state index contributed by atoms with van der Waals surface area (Å²) in [7, 11) is 1.90. The van der Waals surface area contributed by atoms with Crippen LogP contribution < -0.4 is 21.1 Å². The first-order valence-corrected chi connectivity index (χ1v) is 8.95. The van der Waals surface area contributed by atoms with E-state index in [1.807, 2.05) is 18.0 Å². The zero-order valence-electron chi connectivity index (χ0n) is 15.4. The van der Waals surface area contributed by atoms with E-state index in [0.717, 1.165) is 24.9 Å². The second-order valence-corrected chi connectivity index (χ2v) is 7.05. The molecule has 1 saturated carbocycles. The average molecular weight is 378 g/mol. The first kappa shape index (κ1) is 19.1. The highest BCUT2D eigenvalue weighted by Crippen LogP contribution is 2.42. The lowest BCUT2D eigenvalue weighted by atomic mass is 9.92. The topological polar surface area (TPSA) is 93.9 Å². The van der Waals surface area contributed by atoms with Gasteiger partial charge in [0.2, 0.25) is 0 Å². The van der Waals surface area contributed by atoms with Crippen molar-refractivity contribution >= 4 is 23.4 Å². The van der Waals surface area contributed by atoms with Crippen molar-refractivity contribution in [3.63, 3.8) is 0 Å². The molecule has 3 rings (SSSR count). The minimum atomic E-state index is -4.13. The molecule has 6 nitrogen and oxygen atoms in total. The maximum absolute atomic E-state index is 14.1. The highest BCUT2D eigenvalue weighted by molar-refractivity contribution is 6.11. The molecule has 1 aliphatic heterocycles. The Hall–Kier alpha value is -2.64. The van der Waals surface area contributed by atoms with Crippen LogP contribution in [0.3, 0.4) is 0 Å². The molecule has 0 radical (unpaired) electrons. The molecule has 0 bridgehead atoms. The number of amides is 1. The number of carbonyl (C=O) groups is 1. The van der Waals surface area contributed by atoms with E-state index in [-0.39, 0.29) is 17.8 Å². The number of fused-ring (bicyclic) bond motifs is 1. The minimum Gasteiger partial charge on any atom is -0.424 e. The van der Waals surface area contributed by atoms with Crippen molar-refractivity contribution in [2.75, 3.05) is 11.9 Å². The van der Waals surface area contributed by atoms with E-state index in [1.165, 1.54) is 6.20 Å². The second kappa shape index (κ2) is 7.17. The summed E-state index contributed by atoms with van der Waals surface area (Å²) in [5.41, 5.74) is 12.8. The SMILES string of the molecule is CC1CCc2c(ccc(C(C=NC3CC3)=CN)c2OC(F)(F)C(N)=O)N1C. The number of nitrogens with zero attached hydrogens (tertiary/aromatic N) is 2. The number of hydrogen-bond donors (Lipinski definition) is 2. The third kappa shape index (κ3) is 3.89. The Labute approximate surface area is 156 Å². The van der Waals surface area contributed by atoms with Gasteiger partial charge in [-0.3, -0.25) is 9.79 Å². The van der Waals surface area contributed by atoms with Crippen LogP contribution in [0.1, 0.15) is 37.3 Å². The van der Waals surface area contributed by atoms with Crippen LogP contribution in [0.2, 0.25) is 0 Å². The maximum atomic E-state index is 14.1. The van der Waals surface area contributed by atoms with Gasteiger partial charge in [0.25, 0.3) is 0 Å². The summed E-state index contributed by atoms with van der Waals surface area (Å²) >= 11 is 0. The van der Waals surface area contributed by atoms with Gasteiger partial charge < -0.3 is 21.1 Å². The molecule has 27 heavy (non-hydrogen) atoms. The Balaban J connectivity index is 2.10. The number of nitrogens with two attached hydrogens (primary N) is 2. The summed E-state index contributed by atoms with van der Waals surface area (Å²) in [6.07, 6.45) is 2.06. The highest BCUT2D eigenvalue weighted by atomic mass is 19.3. The molecule has 1 heterocycles. The van der Waals surface area contributed by atoms with Crippen molar-refractivity contribution in [3.8, 4) is 5.75 Å². The third-order valence-electron chi connectivity index (χ3n) is 5.07. The molecule has 146 valence electrons. The first-order valence-electron chi connectivity index (χ1n) is 8.95. The lowest BCUT2D eigenvalue weighted by molar-refractivity contribution is -0.189. The minimum absolute atomic E-state index is 0.0750. The van der Waals surface area contributed by atoms with Crippen molar-refractivity contribution in [2.45, 2.75) is 50.8 Å². The van der Waals surface area contributed by atoms with Gasteiger partial charge in [0.1, 0.15) is 5.75 Å². The summed E-state index contributed by atoms with van der Waals surface area (Å²) in [4.78, 5) is 17.5. The number of alkyl halides is 2. The number of carbonyl (C=O) groups excluding carboxylic acids is 1. The number of aliphatic imine (C=N–C) groups is 1. The zero-order chi connectivity index (χ0) is 19.8. The van der Waals surface area contributed by atoms with Gasteiger partial charge in [-0.1, -0.05) is 0 Å². The van der Waals surface area contributed by atoms with Crippen molar-refractivity contribution in [3.05, 3.63) is 29.5 Å². The molecule has 1 unspecified atom stereocenters. The van der Waals surface area contributed by atoms with Gasteiger partial charge in [-0.05, 0) is 44.7 Å². The molecule has 1 aromatic carbocycles. The predicted octanol–water partition coefficient (Wildman–Crippen LogP) is 2.45. The lowest BCUT2D eigenvalue weighted by Gasteiger charge is -2.35. The molecule has 0 aromatic heterocycles. The molecule has 1 atom stereocenters. The van der Waals surface area contributed by atoms with Crippen molar-refractivity contribution < 1.29 is 18.3 Å². The fourth-order valence-electron chi connectivity index (χ4n) is 3.11. The number of halogens is 2. The van der Waals surface area contributed by atoms with Gasteiger partial charge in [-0.2, -0.15) is 8.78 Å². The third-order valence-corrected chi connectivity index (χ3v) is 5.07. The fraction of sp³-hybridized carbons (Fsp3) is 0.474. The van der Waals surface area contributed by atoms with Crippen molar-refractivity contribution in [1.82, 2.24) is 0 Å². The van der Waals surface area contributed by atoms with Crippen molar-refractivity contribution in [1.29, 1.82) is 0 Å². The van der Waals surface area contributed by atoms with Crippen LogP contribution in [0.4, 0.5) is 14.5 Å². The van der Waals surface area contributed by atoms with Crippen LogP contribution in [0.25, 0.3) is 5.57 Å². The highest BCUT2D eigenvalue weighted by Gasteiger charge is 2.42. The van der Waals surface area contributed by atoms with Crippen LogP contribution in [0.5, 0.6) is 5.75 Å². The van der Waals surface area contributed by atoms with Gasteiger partial charge in [-0.25, -0.2) is 0 Å². The molecule has 1 fully saturated rings. The first-order chi connectivity index (χ1) is 12.7. The summed E-state index contributed by atoms with van der Waals surface area (Å²) < 4.78 is 33.0. The van der Waals surface area contributed by atoms with Crippen LogP contribution >= 0.6 is 0 Å². The molecule has 4 N–H and O–H groups in total. The summed E-state index contributed by atoms with van der Waals surface area (Å²) in [6, 6.07) is 4.02. The number of allylic oxidation sites excluding steroid dienone is 1. The standard InChI is InChI=1S/C19H24F2N4O2/c1-11-3-6-15-16(25(11)2)8-7-14(12(9-22)10-24-13-4-5-13)17(15)27-19(20,21)18(23)26/h7-11,13H,3-6,22H2,1-2H3,(H2,23,26). The van der Waals surface area contributed by atoms with E-state index in [1.54, 1.807) is 12.3 Å². The Morgan fingerprint density at radius 1 is 1.37 bits per heavy atom. The Kier molecular flexibility index (Phi) is 5.08. The van der Waals surface area contributed by atoms with E-state index >= 15 is 0 Å². The monoisotopic (exact) mass is 378 g/mol. The predicted molar refractivity (Wildman–Crippen MR) is 101 cm³/mol. The van der Waals surface area contributed by atoms with Gasteiger partial charge in [0.15, 0.2) is 0 Å². The fourth-order valence-corrected chi connectivity index (χ4v) is 3.11. The van der Waals surface area contributed by atoms with Gasteiger partial charge in [0, 0.05) is 47.9 Å². The number of primary amides is 1. The second-order valence-electron chi connectivity index (χ2n) is 7.05. The summed E-state index contributed by atoms with van der Waals surface area (Å²) in [6.45, 7) is 2.06. The van der Waals surface area contributed by atoms with E-state index in [9.17, 15) is 13.6 Å². The molecule has 2 aliphatic rings. The number of rotatable bonds is 6. The quantitative estimate of drug-likeness (QED) is 0.744. The molecule has 0 spiro atoms. The number of anilines is 1. The zero-order valence-corrected chi connectivity index (χ0v) is 15.4. The van der Waals surface area contributed by atoms with Crippen LogP contribution in [0.15, 0.2) is 23.3 Å². The molecular weight excluding hydrogens is 354 g/mol. The number of benzene rings is 1. The summed E-state index contributed by atoms with van der Waals surface area (Å²) in [5.74, 6) is -1.91. The van der Waals surface area contributed by atoms with E-state index in [0.29, 0.717) is 23.1 Å². The normalized spacial score (nSPS) is 20.7. The van der Waals surface area contributed by atoms with Crippen LogP contribution in [0, 0.1) is 0 Å².